The van der Waals surface area contributed by atoms with Gasteiger partial charge >= 0.3 is 5.97 Å². The average molecular weight is 738 g/mol. The fourth-order valence-corrected chi connectivity index (χ4v) is 12.6. The zero-order chi connectivity index (χ0) is 39.3. The van der Waals surface area contributed by atoms with Crippen LogP contribution in [0.3, 0.4) is 0 Å². The molecule has 1 aromatic rings. The Hall–Kier alpha value is -2.30. The Morgan fingerprint density at radius 1 is 1.06 bits per heavy atom. The first-order valence-electron chi connectivity index (χ1n) is 20.5. The number of hydrogen-bond acceptors (Lipinski definition) is 7. The van der Waals surface area contributed by atoms with Crippen LogP contribution < -0.4 is 11.1 Å². The van der Waals surface area contributed by atoms with E-state index in [4.69, 9.17) is 20.3 Å². The number of nitrogens with two attached hydrogens (primary N) is 1. The largest absolute Gasteiger partial charge is 0.481 e. The molecule has 3 saturated carbocycles. The molecule has 0 radical (unpaired) electrons. The fraction of sp³-hybridized carbons (Fsp3) is 0.860. The summed E-state index contributed by atoms with van der Waals surface area (Å²) in [5.74, 6) is 0.187. The van der Waals surface area contributed by atoms with E-state index in [0.717, 1.165) is 32.1 Å². The molecule has 1 amide bonds. The monoisotopic (exact) mass is 738 g/mol. The summed E-state index contributed by atoms with van der Waals surface area (Å²) in [7, 11) is 0. The van der Waals surface area contributed by atoms with Crippen LogP contribution in [-0.2, 0) is 14.3 Å². The lowest BCUT2D eigenvalue weighted by molar-refractivity contribution is -0.254. The van der Waals surface area contributed by atoms with Gasteiger partial charge in [0.1, 0.15) is 6.33 Å². The molecule has 53 heavy (non-hydrogen) atoms. The molecule has 1 saturated heterocycles. The maximum Gasteiger partial charge on any atom is 0.307 e. The molecule has 0 aromatic carbocycles. The van der Waals surface area contributed by atoms with Gasteiger partial charge in [0, 0.05) is 16.5 Å². The number of nitrogens with one attached hydrogen (secondary N) is 1. The van der Waals surface area contributed by atoms with E-state index in [1.165, 1.54) is 11.9 Å². The molecule has 10 heteroatoms. The summed E-state index contributed by atoms with van der Waals surface area (Å²) in [5.41, 5.74) is 5.59. The van der Waals surface area contributed by atoms with Crippen LogP contribution in [0.5, 0.6) is 0 Å². The summed E-state index contributed by atoms with van der Waals surface area (Å²) in [4.78, 5) is 32.0. The van der Waals surface area contributed by atoms with Crippen LogP contribution in [0.4, 0.5) is 0 Å². The molecular weight excluding hydrogens is 667 g/mol. The first kappa shape index (κ1) is 40.4. The Labute approximate surface area is 319 Å². The average Bonchev–Trinajstić information content (AvgIpc) is 3.53. The van der Waals surface area contributed by atoms with Crippen molar-refractivity contribution >= 4 is 11.9 Å². The molecule has 2 heterocycles. The van der Waals surface area contributed by atoms with E-state index in [1.54, 1.807) is 0 Å². The van der Waals surface area contributed by atoms with Gasteiger partial charge in [0.25, 0.3) is 5.91 Å². The second-order valence-electron chi connectivity index (χ2n) is 21.3. The molecular formula is C43H71N5O5. The van der Waals surface area contributed by atoms with Gasteiger partial charge in [-0.25, -0.2) is 9.67 Å². The summed E-state index contributed by atoms with van der Waals surface area (Å²) >= 11 is 0. The Bertz CT molecular complexity index is 1610. The maximum absolute atomic E-state index is 13.8. The number of ether oxygens (including phenoxy) is 2. The first-order chi connectivity index (χ1) is 24.4. The predicted octanol–water partition coefficient (Wildman–Crippen LogP) is 7.69. The number of aliphatic carboxylic acids is 1. The van der Waals surface area contributed by atoms with Gasteiger partial charge in [0.2, 0.25) is 5.82 Å². The van der Waals surface area contributed by atoms with Crippen LogP contribution >= 0.6 is 0 Å². The van der Waals surface area contributed by atoms with E-state index in [-0.39, 0.29) is 57.7 Å². The lowest BCUT2D eigenvalue weighted by atomic mass is 9.34. The van der Waals surface area contributed by atoms with Gasteiger partial charge in [0.15, 0.2) is 0 Å². The van der Waals surface area contributed by atoms with Gasteiger partial charge in [-0.05, 0) is 117 Å². The smallest absolute Gasteiger partial charge is 0.307 e. The number of carbonyl (C=O) groups is 2. The number of hydrogen-bond donors (Lipinski definition) is 3. The third-order valence-corrected chi connectivity index (χ3v) is 16.5. The number of aromatic nitrogens is 3. The number of nitrogens with zero attached hydrogens (tertiary/aromatic N) is 3. The van der Waals surface area contributed by atoms with Gasteiger partial charge in [-0.2, -0.15) is 5.10 Å². The van der Waals surface area contributed by atoms with E-state index < -0.39 is 39.9 Å². The number of carboxylic acid groups (broad SMARTS) is 1. The highest BCUT2D eigenvalue weighted by Crippen LogP contribution is 2.75. The first-order valence-corrected chi connectivity index (χ1v) is 20.5. The van der Waals surface area contributed by atoms with Gasteiger partial charge in [-0.3, -0.25) is 9.59 Å². The molecule has 4 fully saturated rings. The second-order valence-corrected chi connectivity index (χ2v) is 21.3. The number of amides is 1. The Morgan fingerprint density at radius 3 is 2.34 bits per heavy atom. The van der Waals surface area contributed by atoms with Crippen molar-refractivity contribution in [2.45, 2.75) is 152 Å². The van der Waals surface area contributed by atoms with Gasteiger partial charge < -0.3 is 25.6 Å². The van der Waals surface area contributed by atoms with Crippen molar-refractivity contribution in [3.8, 4) is 0 Å². The van der Waals surface area contributed by atoms with Crippen LogP contribution in [-0.4, -0.2) is 68.7 Å². The summed E-state index contributed by atoms with van der Waals surface area (Å²) in [6.45, 7) is 29.8. The molecule has 6 rings (SSSR count). The molecule has 12 atom stereocenters. The Morgan fingerprint density at radius 2 is 1.74 bits per heavy atom. The lowest BCUT2D eigenvalue weighted by Gasteiger charge is -2.71. The maximum atomic E-state index is 13.8. The molecule has 0 unspecified atom stereocenters. The van der Waals surface area contributed by atoms with Gasteiger partial charge in [0.05, 0.1) is 37.9 Å². The van der Waals surface area contributed by atoms with Crippen LogP contribution in [0, 0.1) is 62.6 Å². The van der Waals surface area contributed by atoms with Crippen molar-refractivity contribution in [1.29, 1.82) is 0 Å². The molecule has 2 bridgehead atoms. The van der Waals surface area contributed by atoms with E-state index >= 15 is 0 Å². The van der Waals surface area contributed by atoms with Crippen LogP contribution in [0.2, 0.25) is 0 Å². The SMILES string of the molecule is CC(C)[C@@H](C)[C@@]1(C)CC[C@]2(C)[C@H]3CC[C@@H]4[C@@]5(C)COC[C@@]4(C3=CC[C@@]2(C)[C@@H]1C(=O)O)[C@@H](OC[C@](C)(N)C(C)C)[C@H](n1ncnc1C(=O)NC(C)(C)C)C5. The Kier molecular flexibility index (Phi) is 10.0. The van der Waals surface area contributed by atoms with Crippen LogP contribution in [0.1, 0.15) is 145 Å². The summed E-state index contributed by atoms with van der Waals surface area (Å²) in [6.07, 6.45) is 8.87. The minimum Gasteiger partial charge on any atom is -0.481 e. The van der Waals surface area contributed by atoms with Crippen molar-refractivity contribution in [3.05, 3.63) is 23.8 Å². The zero-order valence-electron chi connectivity index (χ0n) is 35.1. The normalized spacial score (nSPS) is 41.4. The van der Waals surface area contributed by atoms with E-state index in [2.05, 4.69) is 85.6 Å². The molecule has 298 valence electrons. The van der Waals surface area contributed by atoms with Crippen molar-refractivity contribution in [1.82, 2.24) is 20.1 Å². The van der Waals surface area contributed by atoms with E-state index in [1.807, 2.05) is 25.5 Å². The summed E-state index contributed by atoms with van der Waals surface area (Å²) in [6, 6.07) is -0.291. The second kappa shape index (κ2) is 13.1. The third-order valence-electron chi connectivity index (χ3n) is 16.5. The highest BCUT2D eigenvalue weighted by atomic mass is 16.5. The minimum absolute atomic E-state index is 0.169. The van der Waals surface area contributed by atoms with Crippen LogP contribution in [0.25, 0.3) is 0 Å². The van der Waals surface area contributed by atoms with Crippen LogP contribution in [0.15, 0.2) is 18.0 Å². The molecule has 4 aliphatic carbocycles. The lowest BCUT2D eigenvalue weighted by Crippen LogP contribution is -2.70. The molecule has 5 aliphatic rings. The third kappa shape index (κ3) is 6.05. The van der Waals surface area contributed by atoms with Gasteiger partial charge in [-0.15, -0.1) is 0 Å². The van der Waals surface area contributed by atoms with Crippen molar-refractivity contribution in [2.24, 2.45) is 68.3 Å². The minimum atomic E-state index is -0.659. The highest BCUT2D eigenvalue weighted by Gasteiger charge is 2.73. The van der Waals surface area contributed by atoms with Crippen molar-refractivity contribution in [2.75, 3.05) is 19.8 Å². The standard InChI is InChI=1S/C43H71N5O5/c1-25(2)27(5)39(10)18-19-40(11)28-14-15-31-38(9)20-30(48-34(45-24-46-48)35(49)47-37(6,7)8)33(53-22-42(13,44)26(3)4)43(31,23-52-21-38)29(28)16-17-41(40,12)32(39)36(50)51/h16,24-28,30-33H,14-15,17-23,44H2,1-13H3,(H,47,49)(H,50,51)/t27-,28+,30-,31-,32-,33+,38-,39-,40-,41+,42+,43+/m1/s1. The Balaban J connectivity index is 1.53. The molecule has 4 N–H and O–H groups in total. The molecule has 1 aliphatic heterocycles. The van der Waals surface area contributed by atoms with E-state index in [9.17, 15) is 14.7 Å². The summed E-state index contributed by atoms with van der Waals surface area (Å²) in [5, 5.41) is 19.1. The zero-order valence-corrected chi connectivity index (χ0v) is 35.1. The topological polar surface area (TPSA) is 142 Å². The summed E-state index contributed by atoms with van der Waals surface area (Å²) < 4.78 is 15.9. The quantitative estimate of drug-likeness (QED) is 0.219. The molecule has 0 spiro atoms. The predicted molar refractivity (Wildman–Crippen MR) is 207 cm³/mol. The number of carboxylic acids is 1. The molecule has 10 nitrogen and oxygen atoms in total. The highest BCUT2D eigenvalue weighted by molar-refractivity contribution is 5.91. The number of rotatable bonds is 9. The van der Waals surface area contributed by atoms with Gasteiger partial charge in [-0.1, -0.05) is 74.0 Å². The molecule has 1 aromatic heterocycles. The van der Waals surface area contributed by atoms with Crippen molar-refractivity contribution < 1.29 is 24.2 Å². The number of fused-ring (bicyclic) bond motifs is 3. The fourth-order valence-electron chi connectivity index (χ4n) is 12.6. The van der Waals surface area contributed by atoms with Crippen molar-refractivity contribution in [3.63, 3.8) is 0 Å². The number of carbonyl (C=O) groups excluding carboxylic acids is 1. The van der Waals surface area contributed by atoms with E-state index in [0.29, 0.717) is 32.2 Å². The number of allylic oxidation sites excluding steroid dienone is 1.